The largest absolute Gasteiger partial charge is 0.328 e. The second-order valence-electron chi connectivity index (χ2n) is 3.72. The molecule has 1 aromatic rings. The van der Waals surface area contributed by atoms with Gasteiger partial charge in [0.25, 0.3) is 0 Å². The molecule has 0 aliphatic rings. The van der Waals surface area contributed by atoms with E-state index in [0.717, 1.165) is 6.42 Å². The second kappa shape index (κ2) is 5.34. The van der Waals surface area contributed by atoms with Gasteiger partial charge in [0, 0.05) is 32.9 Å². The molecule has 0 radical (unpaired) electrons. The zero-order chi connectivity index (χ0) is 12.1. The van der Waals surface area contributed by atoms with Crippen LogP contribution in [0.4, 0.5) is 10.5 Å². The molecular formula is C11H17N3O2. The van der Waals surface area contributed by atoms with Gasteiger partial charge in [-0.1, -0.05) is 6.92 Å². The number of carbonyl (C=O) groups excluding carboxylic acids is 1. The van der Waals surface area contributed by atoms with Crippen molar-refractivity contribution >= 4 is 11.7 Å². The molecule has 5 heteroatoms. The van der Waals surface area contributed by atoms with E-state index >= 15 is 0 Å². The van der Waals surface area contributed by atoms with E-state index in [1.54, 1.807) is 31.3 Å². The van der Waals surface area contributed by atoms with Gasteiger partial charge in [-0.2, -0.15) is 0 Å². The molecule has 16 heavy (non-hydrogen) atoms. The number of nitrogens with zero attached hydrogens (tertiary/aromatic N) is 2. The maximum Gasteiger partial charge on any atom is 0.321 e. The Labute approximate surface area is 94.7 Å². The number of hydrogen-bond acceptors (Lipinski definition) is 2. The summed E-state index contributed by atoms with van der Waals surface area (Å²) < 4.78 is 1.43. The van der Waals surface area contributed by atoms with E-state index < -0.39 is 0 Å². The summed E-state index contributed by atoms with van der Waals surface area (Å²) in [5, 5.41) is 2.72. The minimum absolute atomic E-state index is 0.0973. The quantitative estimate of drug-likeness (QED) is 0.838. The van der Waals surface area contributed by atoms with E-state index in [1.807, 2.05) is 6.92 Å². The Morgan fingerprint density at radius 1 is 1.50 bits per heavy atom. The predicted molar refractivity (Wildman–Crippen MR) is 63.6 cm³/mol. The van der Waals surface area contributed by atoms with Crippen molar-refractivity contribution < 1.29 is 4.79 Å². The van der Waals surface area contributed by atoms with E-state index in [9.17, 15) is 9.59 Å². The van der Waals surface area contributed by atoms with E-state index in [2.05, 4.69) is 5.32 Å². The maximum atomic E-state index is 11.6. The van der Waals surface area contributed by atoms with Crippen molar-refractivity contribution in [3.63, 3.8) is 0 Å². The number of urea groups is 1. The van der Waals surface area contributed by atoms with Gasteiger partial charge in [0.2, 0.25) is 5.56 Å². The van der Waals surface area contributed by atoms with E-state index in [1.165, 1.54) is 10.6 Å². The summed E-state index contributed by atoms with van der Waals surface area (Å²) in [5.74, 6) is 0. The summed E-state index contributed by atoms with van der Waals surface area (Å²) in [4.78, 5) is 24.4. The van der Waals surface area contributed by atoms with Crippen molar-refractivity contribution in [3.8, 4) is 0 Å². The van der Waals surface area contributed by atoms with Gasteiger partial charge in [-0.05, 0) is 12.5 Å². The number of rotatable bonds is 3. The molecule has 88 valence electrons. The smallest absolute Gasteiger partial charge is 0.321 e. The van der Waals surface area contributed by atoms with Crippen molar-refractivity contribution in [2.45, 2.75) is 13.3 Å². The topological polar surface area (TPSA) is 54.3 Å². The Morgan fingerprint density at radius 2 is 2.19 bits per heavy atom. The SMILES string of the molecule is CCCN(C)C(=O)Nc1ccc(=O)n(C)c1. The van der Waals surface area contributed by atoms with Crippen molar-refractivity contribution in [2.75, 3.05) is 18.9 Å². The van der Waals surface area contributed by atoms with Crippen molar-refractivity contribution in [2.24, 2.45) is 7.05 Å². The van der Waals surface area contributed by atoms with Gasteiger partial charge in [0.05, 0.1) is 5.69 Å². The number of carbonyl (C=O) groups is 1. The summed E-state index contributed by atoms with van der Waals surface area (Å²) in [6.45, 7) is 2.72. The maximum absolute atomic E-state index is 11.6. The minimum atomic E-state index is -0.166. The fourth-order valence-electron chi connectivity index (χ4n) is 1.32. The highest BCUT2D eigenvalue weighted by Crippen LogP contribution is 2.03. The van der Waals surface area contributed by atoms with Gasteiger partial charge >= 0.3 is 6.03 Å². The van der Waals surface area contributed by atoms with Crippen molar-refractivity contribution in [1.82, 2.24) is 9.47 Å². The van der Waals surface area contributed by atoms with E-state index in [-0.39, 0.29) is 11.6 Å². The third kappa shape index (κ3) is 3.12. The first-order valence-corrected chi connectivity index (χ1v) is 5.23. The van der Waals surface area contributed by atoms with Crippen LogP contribution < -0.4 is 10.9 Å². The Hall–Kier alpha value is -1.78. The van der Waals surface area contributed by atoms with Crippen molar-refractivity contribution in [3.05, 3.63) is 28.7 Å². The highest BCUT2D eigenvalue weighted by molar-refractivity contribution is 5.88. The molecule has 0 atom stereocenters. The fraction of sp³-hybridized carbons (Fsp3) is 0.455. The number of hydrogen-bond donors (Lipinski definition) is 1. The molecule has 1 N–H and O–H groups in total. The van der Waals surface area contributed by atoms with Crippen LogP contribution in [0.5, 0.6) is 0 Å². The molecule has 5 nitrogen and oxygen atoms in total. The van der Waals surface area contributed by atoms with E-state index in [4.69, 9.17) is 0 Å². The fourth-order valence-corrected chi connectivity index (χ4v) is 1.32. The average Bonchev–Trinajstić information content (AvgIpc) is 2.24. The van der Waals surface area contributed by atoms with Crippen LogP contribution in [0, 0.1) is 0 Å². The number of pyridine rings is 1. The Morgan fingerprint density at radius 3 is 2.75 bits per heavy atom. The second-order valence-corrected chi connectivity index (χ2v) is 3.72. The summed E-state index contributed by atoms with van der Waals surface area (Å²) in [6.07, 6.45) is 2.51. The van der Waals surface area contributed by atoms with Gasteiger partial charge in [0.1, 0.15) is 0 Å². The summed E-state index contributed by atoms with van der Waals surface area (Å²) >= 11 is 0. The first-order valence-electron chi connectivity index (χ1n) is 5.23. The van der Waals surface area contributed by atoms with Gasteiger partial charge < -0.3 is 14.8 Å². The van der Waals surface area contributed by atoms with Crippen molar-refractivity contribution in [1.29, 1.82) is 0 Å². The molecule has 2 amide bonds. The Kier molecular flexibility index (Phi) is 4.10. The molecule has 1 rings (SSSR count). The highest BCUT2D eigenvalue weighted by Gasteiger charge is 2.07. The van der Waals surface area contributed by atoms with Gasteiger partial charge in [-0.3, -0.25) is 4.79 Å². The Bertz CT molecular complexity index is 425. The van der Waals surface area contributed by atoms with Crippen LogP contribution in [-0.4, -0.2) is 29.1 Å². The van der Waals surface area contributed by atoms with Crippen LogP contribution >= 0.6 is 0 Å². The lowest BCUT2D eigenvalue weighted by atomic mass is 10.4. The lowest BCUT2D eigenvalue weighted by Gasteiger charge is -2.17. The zero-order valence-corrected chi connectivity index (χ0v) is 9.86. The van der Waals surface area contributed by atoms with Crippen LogP contribution in [-0.2, 0) is 7.05 Å². The number of nitrogens with one attached hydrogen (secondary N) is 1. The third-order valence-corrected chi connectivity index (χ3v) is 2.24. The summed E-state index contributed by atoms with van der Waals surface area (Å²) in [5.41, 5.74) is 0.523. The van der Waals surface area contributed by atoms with Gasteiger partial charge in [0.15, 0.2) is 0 Å². The third-order valence-electron chi connectivity index (χ3n) is 2.24. The van der Waals surface area contributed by atoms with Crippen LogP contribution in [0.1, 0.15) is 13.3 Å². The normalized spacial score (nSPS) is 9.94. The molecule has 1 aromatic heterocycles. The molecule has 0 bridgehead atoms. The lowest BCUT2D eigenvalue weighted by molar-refractivity contribution is 0.222. The lowest BCUT2D eigenvalue weighted by Crippen LogP contribution is -2.32. The molecular weight excluding hydrogens is 206 g/mol. The molecule has 0 spiro atoms. The molecule has 0 saturated heterocycles. The number of aromatic nitrogens is 1. The average molecular weight is 223 g/mol. The highest BCUT2D eigenvalue weighted by atomic mass is 16.2. The molecule has 0 unspecified atom stereocenters. The van der Waals surface area contributed by atoms with Crippen LogP contribution in [0.25, 0.3) is 0 Å². The van der Waals surface area contributed by atoms with Gasteiger partial charge in [-0.15, -0.1) is 0 Å². The molecule has 0 aliphatic carbocycles. The number of amides is 2. The molecule has 0 aliphatic heterocycles. The monoisotopic (exact) mass is 223 g/mol. The van der Waals surface area contributed by atoms with Crippen LogP contribution in [0.2, 0.25) is 0 Å². The van der Waals surface area contributed by atoms with E-state index in [0.29, 0.717) is 12.2 Å². The molecule has 1 heterocycles. The molecule has 0 fully saturated rings. The number of aryl methyl sites for hydroxylation is 1. The zero-order valence-electron chi connectivity index (χ0n) is 9.86. The first kappa shape index (κ1) is 12.3. The Balaban J connectivity index is 2.70. The van der Waals surface area contributed by atoms with Gasteiger partial charge in [-0.25, -0.2) is 4.79 Å². The predicted octanol–water partition coefficient (Wildman–Crippen LogP) is 1.26. The van der Waals surface area contributed by atoms with Crippen LogP contribution in [0.15, 0.2) is 23.1 Å². The summed E-state index contributed by atoms with van der Waals surface area (Å²) in [7, 11) is 3.38. The summed E-state index contributed by atoms with van der Waals surface area (Å²) in [6, 6.07) is 2.86. The minimum Gasteiger partial charge on any atom is -0.328 e. The van der Waals surface area contributed by atoms with Crippen LogP contribution in [0.3, 0.4) is 0 Å². The standard InChI is InChI=1S/C11H17N3O2/c1-4-7-13(2)11(16)12-9-5-6-10(15)14(3)8-9/h5-6,8H,4,7H2,1-3H3,(H,12,16). The molecule has 0 aromatic carbocycles. The number of anilines is 1. The molecule has 0 saturated carbocycles. The first-order chi connectivity index (χ1) is 7.54.